The van der Waals surface area contributed by atoms with Crippen molar-refractivity contribution < 1.29 is 0 Å². The average molecular weight is 763 g/mol. The quantitative estimate of drug-likeness (QED) is 0.0464. The summed E-state index contributed by atoms with van der Waals surface area (Å²) in [6.07, 6.45) is 56.8. The van der Waals surface area contributed by atoms with Gasteiger partial charge in [-0.2, -0.15) is 0 Å². The molecule has 0 aromatic heterocycles. The molecule has 0 bridgehead atoms. The van der Waals surface area contributed by atoms with Crippen LogP contribution in [0.15, 0.2) is 0 Å². The van der Waals surface area contributed by atoms with Crippen molar-refractivity contribution in [2.24, 2.45) is 28.9 Å². The van der Waals surface area contributed by atoms with E-state index >= 15 is 0 Å². The molecule has 0 aromatic carbocycles. The lowest BCUT2D eigenvalue weighted by atomic mass is 9.78. The van der Waals surface area contributed by atoms with E-state index in [4.69, 9.17) is 22.9 Å². The molecule has 0 aromatic rings. The summed E-state index contributed by atoms with van der Waals surface area (Å²) in [5.74, 6) is 0.122. The van der Waals surface area contributed by atoms with Crippen molar-refractivity contribution in [1.82, 2.24) is 0 Å². The van der Waals surface area contributed by atoms with Gasteiger partial charge in [0.2, 0.25) is 0 Å². The smallest absolute Gasteiger partial charge is 0.0250 e. The first-order valence-corrected chi connectivity index (χ1v) is 25.5. The van der Waals surface area contributed by atoms with E-state index in [0.29, 0.717) is 0 Å². The SMILES string of the molecule is CCCCCCCCCCCCCCCCCC(N)C(C(N)CCCCCCCCCCCCCCC)C(N)C(N)CCCCCCCCCCCCC. The minimum absolute atomic E-state index is 0.00151. The maximum atomic E-state index is 7.01. The topological polar surface area (TPSA) is 104 Å². The van der Waals surface area contributed by atoms with Crippen LogP contribution in [0.25, 0.3) is 0 Å². The van der Waals surface area contributed by atoms with E-state index in [1.54, 1.807) is 0 Å². The predicted molar refractivity (Wildman–Crippen MR) is 246 cm³/mol. The molecule has 0 heterocycles. The second-order valence-corrected chi connectivity index (χ2v) is 18.2. The highest BCUT2D eigenvalue weighted by Gasteiger charge is 2.33. The van der Waals surface area contributed by atoms with Gasteiger partial charge in [0, 0.05) is 30.1 Å². The van der Waals surface area contributed by atoms with Gasteiger partial charge in [-0.3, -0.25) is 0 Å². The lowest BCUT2D eigenvalue weighted by Gasteiger charge is -2.37. The van der Waals surface area contributed by atoms with E-state index < -0.39 is 0 Å². The van der Waals surface area contributed by atoms with Gasteiger partial charge in [0.15, 0.2) is 0 Å². The van der Waals surface area contributed by atoms with Gasteiger partial charge >= 0.3 is 0 Å². The predicted octanol–water partition coefficient (Wildman–Crippen LogP) is 15.4. The summed E-state index contributed by atoms with van der Waals surface area (Å²) in [7, 11) is 0. The van der Waals surface area contributed by atoms with Crippen molar-refractivity contribution in [1.29, 1.82) is 0 Å². The fourth-order valence-electron chi connectivity index (χ4n) is 8.94. The highest BCUT2D eigenvalue weighted by atomic mass is 14.9. The maximum Gasteiger partial charge on any atom is 0.0250 e. The molecule has 8 N–H and O–H groups in total. The highest BCUT2D eigenvalue weighted by molar-refractivity contribution is 4.94. The summed E-state index contributed by atoms with van der Waals surface area (Å²) in [6, 6.07) is 0.0135. The Morgan fingerprint density at radius 3 is 0.593 bits per heavy atom. The zero-order chi connectivity index (χ0) is 39.6. The fourth-order valence-corrected chi connectivity index (χ4v) is 8.94. The summed E-state index contributed by atoms with van der Waals surface area (Å²) in [6.45, 7) is 6.90. The summed E-state index contributed by atoms with van der Waals surface area (Å²) in [5.41, 5.74) is 27.8. The van der Waals surface area contributed by atoms with E-state index in [1.807, 2.05) is 0 Å². The molecule has 54 heavy (non-hydrogen) atoms. The van der Waals surface area contributed by atoms with Gasteiger partial charge in [0.05, 0.1) is 0 Å². The number of nitrogens with two attached hydrogens (primary N) is 4. The summed E-state index contributed by atoms with van der Waals surface area (Å²) in [5, 5.41) is 0. The van der Waals surface area contributed by atoms with Gasteiger partial charge in [0.1, 0.15) is 0 Å². The molecule has 326 valence electrons. The van der Waals surface area contributed by atoms with Crippen molar-refractivity contribution >= 4 is 0 Å². The summed E-state index contributed by atoms with van der Waals surface area (Å²) < 4.78 is 0. The Kier molecular flexibility index (Phi) is 43.8. The van der Waals surface area contributed by atoms with Crippen LogP contribution in [0, 0.1) is 5.92 Å². The highest BCUT2D eigenvalue weighted by Crippen LogP contribution is 2.24. The zero-order valence-corrected chi connectivity index (χ0v) is 37.9. The zero-order valence-electron chi connectivity index (χ0n) is 37.9. The van der Waals surface area contributed by atoms with Crippen molar-refractivity contribution in [2.45, 2.75) is 315 Å². The molecule has 0 saturated heterocycles. The third-order valence-corrected chi connectivity index (χ3v) is 12.9. The summed E-state index contributed by atoms with van der Waals surface area (Å²) in [4.78, 5) is 0. The molecule has 5 unspecified atom stereocenters. The molecule has 0 aliphatic heterocycles. The van der Waals surface area contributed by atoms with Gasteiger partial charge in [-0.15, -0.1) is 0 Å². The molecule has 0 spiro atoms. The lowest BCUT2D eigenvalue weighted by Crippen LogP contribution is -2.58. The molecule has 0 rings (SSSR count). The Labute approximate surface area is 342 Å². The van der Waals surface area contributed by atoms with Crippen LogP contribution in [0.5, 0.6) is 0 Å². The van der Waals surface area contributed by atoms with Crippen LogP contribution in [0.1, 0.15) is 290 Å². The first-order valence-electron chi connectivity index (χ1n) is 25.5. The van der Waals surface area contributed by atoms with Crippen LogP contribution in [0.3, 0.4) is 0 Å². The third kappa shape index (κ3) is 36.2. The molecule has 0 aliphatic carbocycles. The van der Waals surface area contributed by atoms with E-state index in [-0.39, 0.29) is 30.1 Å². The molecule has 5 atom stereocenters. The number of hydrogen-bond acceptors (Lipinski definition) is 4. The second kappa shape index (κ2) is 44.0. The Morgan fingerprint density at radius 1 is 0.222 bits per heavy atom. The molecular formula is C50H106N4. The number of unbranched alkanes of at least 4 members (excludes halogenated alkanes) is 36. The minimum atomic E-state index is -0.101. The van der Waals surface area contributed by atoms with Crippen LogP contribution in [-0.2, 0) is 0 Å². The molecule has 4 heteroatoms. The number of hydrogen-bond donors (Lipinski definition) is 4. The van der Waals surface area contributed by atoms with Crippen LogP contribution in [0.2, 0.25) is 0 Å². The van der Waals surface area contributed by atoms with Gasteiger partial charge < -0.3 is 22.9 Å². The molecule has 4 nitrogen and oxygen atoms in total. The monoisotopic (exact) mass is 763 g/mol. The standard InChI is InChI=1S/C50H106N4/c1-4-7-10-13-16-19-22-24-25-27-30-32-35-38-41-44-47(52)49(46(51)43-40-37-34-31-29-26-23-20-17-14-11-8-5-2)50(54)48(53)45-42-39-36-33-28-21-18-15-12-9-6-3/h46-50H,4-45,51-54H2,1-3H3. The van der Waals surface area contributed by atoms with Crippen molar-refractivity contribution in [2.75, 3.05) is 0 Å². The maximum absolute atomic E-state index is 7.01. The molecule has 0 radical (unpaired) electrons. The Balaban J connectivity index is 4.47. The molecular weight excluding hydrogens is 657 g/mol. The van der Waals surface area contributed by atoms with Gasteiger partial charge in [-0.25, -0.2) is 0 Å². The van der Waals surface area contributed by atoms with Crippen LogP contribution in [0.4, 0.5) is 0 Å². The third-order valence-electron chi connectivity index (χ3n) is 12.9. The average Bonchev–Trinajstić information content (AvgIpc) is 3.17. The summed E-state index contributed by atoms with van der Waals surface area (Å²) >= 11 is 0. The molecule has 0 fully saturated rings. The van der Waals surface area contributed by atoms with Gasteiger partial charge in [-0.05, 0) is 19.3 Å². The van der Waals surface area contributed by atoms with Crippen molar-refractivity contribution in [3.8, 4) is 0 Å². The van der Waals surface area contributed by atoms with E-state index in [9.17, 15) is 0 Å². The molecule has 0 aliphatic rings. The first kappa shape index (κ1) is 53.8. The fraction of sp³-hybridized carbons (Fsp3) is 1.00. The van der Waals surface area contributed by atoms with E-state index in [1.165, 1.54) is 250 Å². The van der Waals surface area contributed by atoms with Crippen LogP contribution in [-0.4, -0.2) is 24.2 Å². The normalized spacial score (nSPS) is 14.7. The second-order valence-electron chi connectivity index (χ2n) is 18.2. The first-order chi connectivity index (χ1) is 26.5. The van der Waals surface area contributed by atoms with Crippen molar-refractivity contribution in [3.63, 3.8) is 0 Å². The number of rotatable bonds is 46. The van der Waals surface area contributed by atoms with Crippen LogP contribution >= 0.6 is 0 Å². The molecule has 0 amide bonds. The van der Waals surface area contributed by atoms with Crippen LogP contribution < -0.4 is 22.9 Å². The van der Waals surface area contributed by atoms with Crippen molar-refractivity contribution in [3.05, 3.63) is 0 Å². The van der Waals surface area contributed by atoms with Gasteiger partial charge in [-0.1, -0.05) is 271 Å². The van der Waals surface area contributed by atoms with Gasteiger partial charge in [0.25, 0.3) is 0 Å². The molecule has 0 saturated carbocycles. The Bertz CT molecular complexity index is 686. The minimum Gasteiger partial charge on any atom is -0.327 e. The Morgan fingerprint density at radius 2 is 0.389 bits per heavy atom. The largest absolute Gasteiger partial charge is 0.327 e. The van der Waals surface area contributed by atoms with E-state index in [2.05, 4.69) is 20.8 Å². The Hall–Kier alpha value is -0.160. The lowest BCUT2D eigenvalue weighted by molar-refractivity contribution is 0.236. The van der Waals surface area contributed by atoms with E-state index in [0.717, 1.165) is 19.3 Å².